The van der Waals surface area contributed by atoms with Crippen LogP contribution < -0.4 is 5.73 Å². The fourth-order valence-electron chi connectivity index (χ4n) is 2.82. The Balaban J connectivity index is 2.30. The summed E-state index contributed by atoms with van der Waals surface area (Å²) in [5, 5.41) is 10.6. The maximum Gasteiger partial charge on any atom is 0.303 e. The molecule has 6 heteroatoms. The van der Waals surface area contributed by atoms with Gasteiger partial charge >= 0.3 is 5.97 Å². The van der Waals surface area contributed by atoms with Gasteiger partial charge < -0.3 is 20.3 Å². The second-order valence-corrected chi connectivity index (χ2v) is 5.59. The normalized spacial score (nSPS) is 32.7. The minimum Gasteiger partial charge on any atom is -0.459 e. The molecule has 1 saturated heterocycles. The Morgan fingerprint density at radius 1 is 1.67 bits per heavy atom. The maximum absolute atomic E-state index is 11.3. The van der Waals surface area contributed by atoms with Crippen molar-refractivity contribution >= 4 is 11.7 Å². The SMILES string of the molecule is CC[C@H]1O[C@@H](c2ccncc2N)C[C@@H](OC(C)=O)[C@]1(C)O. The van der Waals surface area contributed by atoms with E-state index in [1.165, 1.54) is 6.92 Å². The molecular weight excluding hydrogens is 272 g/mol. The summed E-state index contributed by atoms with van der Waals surface area (Å²) in [4.78, 5) is 15.3. The number of rotatable bonds is 3. The molecule has 2 rings (SSSR count). The molecule has 0 radical (unpaired) electrons. The molecule has 6 nitrogen and oxygen atoms in total. The monoisotopic (exact) mass is 294 g/mol. The lowest BCUT2D eigenvalue weighted by Crippen LogP contribution is -2.56. The van der Waals surface area contributed by atoms with Gasteiger partial charge in [-0.2, -0.15) is 0 Å². The van der Waals surface area contributed by atoms with Crippen molar-refractivity contribution in [3.8, 4) is 0 Å². The van der Waals surface area contributed by atoms with E-state index in [4.69, 9.17) is 15.2 Å². The van der Waals surface area contributed by atoms with Gasteiger partial charge in [0.25, 0.3) is 0 Å². The van der Waals surface area contributed by atoms with Crippen molar-refractivity contribution in [2.75, 3.05) is 5.73 Å². The maximum atomic E-state index is 11.3. The van der Waals surface area contributed by atoms with Crippen molar-refractivity contribution in [2.45, 2.75) is 57.5 Å². The first kappa shape index (κ1) is 15.7. The molecule has 116 valence electrons. The van der Waals surface area contributed by atoms with E-state index in [0.717, 1.165) is 5.56 Å². The number of carbonyl (C=O) groups excluding carboxylic acids is 1. The number of nitrogens with two attached hydrogens (primary N) is 1. The van der Waals surface area contributed by atoms with Crippen LogP contribution in [0, 0.1) is 0 Å². The molecule has 1 aromatic heterocycles. The summed E-state index contributed by atoms with van der Waals surface area (Å²) in [6, 6.07) is 1.79. The molecule has 4 atom stereocenters. The van der Waals surface area contributed by atoms with Crippen LogP contribution in [0.2, 0.25) is 0 Å². The third-order valence-electron chi connectivity index (χ3n) is 3.97. The standard InChI is InChI=1S/C15H22N2O4/c1-4-13-15(3,19)14(20-9(2)18)7-12(21-13)10-5-6-17-8-11(10)16/h5-6,8,12-14,19H,4,7,16H2,1-3H3/t12-,13-,14-,15-/m1/s1. The molecule has 1 aromatic rings. The van der Waals surface area contributed by atoms with Gasteiger partial charge in [0.05, 0.1) is 24.1 Å². The number of pyridine rings is 1. The van der Waals surface area contributed by atoms with Crippen LogP contribution >= 0.6 is 0 Å². The number of aromatic nitrogens is 1. The number of ether oxygens (including phenoxy) is 2. The molecule has 2 heterocycles. The summed E-state index contributed by atoms with van der Waals surface area (Å²) in [6.45, 7) is 4.89. The zero-order valence-electron chi connectivity index (χ0n) is 12.6. The van der Waals surface area contributed by atoms with Crippen LogP contribution in [-0.2, 0) is 14.3 Å². The average Bonchev–Trinajstić information content (AvgIpc) is 2.41. The van der Waals surface area contributed by atoms with Crippen molar-refractivity contribution in [2.24, 2.45) is 0 Å². The molecule has 1 aliphatic heterocycles. The number of nitrogen functional groups attached to an aromatic ring is 1. The Morgan fingerprint density at radius 2 is 2.38 bits per heavy atom. The molecule has 1 aliphatic rings. The summed E-state index contributed by atoms with van der Waals surface area (Å²) >= 11 is 0. The molecule has 0 unspecified atom stereocenters. The van der Waals surface area contributed by atoms with Gasteiger partial charge in [0.1, 0.15) is 11.7 Å². The smallest absolute Gasteiger partial charge is 0.303 e. The topological polar surface area (TPSA) is 94.7 Å². The Hall–Kier alpha value is -1.66. The molecule has 3 N–H and O–H groups in total. The summed E-state index contributed by atoms with van der Waals surface area (Å²) in [7, 11) is 0. The number of nitrogens with zero attached hydrogens (tertiary/aromatic N) is 1. The lowest BCUT2D eigenvalue weighted by atomic mass is 9.82. The zero-order chi connectivity index (χ0) is 15.6. The van der Waals surface area contributed by atoms with Crippen LogP contribution in [0.5, 0.6) is 0 Å². The van der Waals surface area contributed by atoms with Crippen molar-refractivity contribution in [1.82, 2.24) is 4.98 Å². The van der Waals surface area contributed by atoms with Gasteiger partial charge in [0, 0.05) is 25.1 Å². The van der Waals surface area contributed by atoms with Crippen LogP contribution in [0.4, 0.5) is 5.69 Å². The van der Waals surface area contributed by atoms with Gasteiger partial charge in [-0.05, 0) is 19.4 Å². The van der Waals surface area contributed by atoms with Gasteiger partial charge in [-0.1, -0.05) is 6.92 Å². The van der Waals surface area contributed by atoms with Gasteiger partial charge in [0.2, 0.25) is 0 Å². The van der Waals surface area contributed by atoms with Crippen LogP contribution in [0.15, 0.2) is 18.5 Å². The number of aliphatic hydroxyl groups is 1. The van der Waals surface area contributed by atoms with E-state index >= 15 is 0 Å². The highest BCUT2D eigenvalue weighted by Crippen LogP contribution is 2.41. The van der Waals surface area contributed by atoms with Gasteiger partial charge in [-0.3, -0.25) is 9.78 Å². The number of anilines is 1. The first-order valence-corrected chi connectivity index (χ1v) is 7.10. The van der Waals surface area contributed by atoms with Gasteiger partial charge in [-0.25, -0.2) is 0 Å². The van der Waals surface area contributed by atoms with Crippen molar-refractivity contribution in [3.63, 3.8) is 0 Å². The molecule has 0 bridgehead atoms. The summed E-state index contributed by atoms with van der Waals surface area (Å²) in [5.74, 6) is -0.418. The molecule has 0 amide bonds. The van der Waals surface area contributed by atoms with Crippen LogP contribution in [0.3, 0.4) is 0 Å². The first-order valence-electron chi connectivity index (χ1n) is 7.10. The molecule has 0 spiro atoms. The van der Waals surface area contributed by atoms with Crippen LogP contribution in [0.1, 0.15) is 45.3 Å². The Labute approximate surface area is 124 Å². The largest absolute Gasteiger partial charge is 0.459 e. The van der Waals surface area contributed by atoms with E-state index in [2.05, 4.69) is 4.98 Å². The van der Waals surface area contributed by atoms with E-state index in [0.29, 0.717) is 18.5 Å². The summed E-state index contributed by atoms with van der Waals surface area (Å²) in [5.41, 5.74) is 6.05. The quantitative estimate of drug-likeness (QED) is 0.822. The predicted octanol–water partition coefficient (Wildman–Crippen LogP) is 1.59. The van der Waals surface area contributed by atoms with Crippen molar-refractivity contribution < 1.29 is 19.4 Å². The fraction of sp³-hybridized carbons (Fsp3) is 0.600. The van der Waals surface area contributed by atoms with Gasteiger partial charge in [-0.15, -0.1) is 0 Å². The number of esters is 1. The van der Waals surface area contributed by atoms with E-state index in [1.807, 2.05) is 6.92 Å². The summed E-state index contributed by atoms with van der Waals surface area (Å²) < 4.78 is 11.3. The van der Waals surface area contributed by atoms with Crippen LogP contribution in [0.25, 0.3) is 0 Å². The zero-order valence-corrected chi connectivity index (χ0v) is 12.6. The molecule has 0 aliphatic carbocycles. The third-order valence-corrected chi connectivity index (χ3v) is 3.97. The fourth-order valence-corrected chi connectivity index (χ4v) is 2.82. The van der Waals surface area contributed by atoms with Crippen LogP contribution in [-0.4, -0.2) is 33.9 Å². The third kappa shape index (κ3) is 3.16. The van der Waals surface area contributed by atoms with E-state index in [-0.39, 0.29) is 6.10 Å². The molecule has 1 fully saturated rings. The lowest BCUT2D eigenvalue weighted by Gasteiger charge is -2.45. The highest BCUT2D eigenvalue weighted by molar-refractivity contribution is 5.66. The minimum atomic E-state index is -1.22. The number of hydrogen-bond donors (Lipinski definition) is 2. The Bertz CT molecular complexity index is 518. The second-order valence-electron chi connectivity index (χ2n) is 5.59. The molecule has 21 heavy (non-hydrogen) atoms. The highest BCUT2D eigenvalue weighted by Gasteiger charge is 2.48. The molecular formula is C15H22N2O4. The molecule has 0 aromatic carbocycles. The molecule has 0 saturated carbocycles. The Kier molecular flexibility index (Phi) is 4.49. The van der Waals surface area contributed by atoms with E-state index < -0.39 is 23.8 Å². The van der Waals surface area contributed by atoms with Gasteiger partial charge in [0.15, 0.2) is 0 Å². The minimum absolute atomic E-state index is 0.331. The summed E-state index contributed by atoms with van der Waals surface area (Å²) in [6.07, 6.45) is 2.77. The first-order chi connectivity index (χ1) is 9.86. The number of carbonyl (C=O) groups is 1. The highest BCUT2D eigenvalue weighted by atomic mass is 16.6. The van der Waals surface area contributed by atoms with E-state index in [9.17, 15) is 9.90 Å². The second kappa shape index (κ2) is 5.99. The Morgan fingerprint density at radius 3 is 2.95 bits per heavy atom. The average molecular weight is 294 g/mol. The van der Waals surface area contributed by atoms with Crippen molar-refractivity contribution in [3.05, 3.63) is 24.0 Å². The van der Waals surface area contributed by atoms with E-state index in [1.54, 1.807) is 25.4 Å². The lowest BCUT2D eigenvalue weighted by molar-refractivity contribution is -0.232. The van der Waals surface area contributed by atoms with Crippen molar-refractivity contribution in [1.29, 1.82) is 0 Å². The predicted molar refractivity (Wildman–Crippen MR) is 77.3 cm³/mol. The number of hydrogen-bond acceptors (Lipinski definition) is 6.